The van der Waals surface area contributed by atoms with E-state index >= 15 is 0 Å². The first-order chi connectivity index (χ1) is 8.85. The molecule has 2 N–H and O–H groups in total. The summed E-state index contributed by atoms with van der Waals surface area (Å²) in [7, 11) is 1.42. The highest BCUT2D eigenvalue weighted by Crippen LogP contribution is 2.33. The van der Waals surface area contributed by atoms with Crippen LogP contribution in [0, 0.1) is 0 Å². The number of nitrogens with one attached hydrogen (secondary N) is 1. The van der Waals surface area contributed by atoms with E-state index in [1.54, 1.807) is 6.92 Å². The highest BCUT2D eigenvalue weighted by molar-refractivity contribution is 6.37. The molecule has 1 atom stereocenters. The summed E-state index contributed by atoms with van der Waals surface area (Å²) in [5.41, 5.74) is 0.244. The molecule has 19 heavy (non-hydrogen) atoms. The van der Waals surface area contributed by atoms with Gasteiger partial charge in [0, 0.05) is 11.6 Å². The fourth-order valence-electron chi connectivity index (χ4n) is 1.51. The number of amides is 1. The Morgan fingerprint density at radius 1 is 1.37 bits per heavy atom. The van der Waals surface area contributed by atoms with Gasteiger partial charge in [0.25, 0.3) is 5.91 Å². The first-order valence-corrected chi connectivity index (χ1v) is 6.16. The van der Waals surface area contributed by atoms with E-state index in [9.17, 15) is 9.59 Å². The van der Waals surface area contributed by atoms with E-state index in [0.717, 1.165) is 0 Å². The second-order valence-corrected chi connectivity index (χ2v) is 4.76. The fourth-order valence-corrected chi connectivity index (χ4v) is 2.15. The fraction of sp³-hybridized carbons (Fsp3) is 0.333. The van der Waals surface area contributed by atoms with E-state index in [-0.39, 0.29) is 22.0 Å². The smallest absolute Gasteiger partial charge is 0.305 e. The molecule has 7 heteroatoms. The molecule has 0 aliphatic carbocycles. The van der Waals surface area contributed by atoms with Crippen molar-refractivity contribution in [3.63, 3.8) is 0 Å². The Morgan fingerprint density at radius 3 is 2.32 bits per heavy atom. The van der Waals surface area contributed by atoms with Crippen LogP contribution >= 0.6 is 23.2 Å². The minimum atomic E-state index is -0.987. The molecule has 0 radical (unpaired) electrons. The van der Waals surface area contributed by atoms with Crippen LogP contribution in [0.5, 0.6) is 5.75 Å². The van der Waals surface area contributed by atoms with E-state index in [0.29, 0.717) is 5.75 Å². The second kappa shape index (κ2) is 6.63. The second-order valence-electron chi connectivity index (χ2n) is 3.95. The van der Waals surface area contributed by atoms with Crippen molar-refractivity contribution in [2.75, 3.05) is 7.11 Å². The molecule has 0 aromatic heterocycles. The van der Waals surface area contributed by atoms with Crippen LogP contribution in [0.1, 0.15) is 23.7 Å². The van der Waals surface area contributed by atoms with Crippen molar-refractivity contribution >= 4 is 35.1 Å². The van der Waals surface area contributed by atoms with Crippen molar-refractivity contribution in [3.05, 3.63) is 27.7 Å². The molecule has 104 valence electrons. The molecule has 0 saturated carbocycles. The average Bonchev–Trinajstić information content (AvgIpc) is 2.26. The zero-order valence-electron chi connectivity index (χ0n) is 10.4. The maximum Gasteiger partial charge on any atom is 0.305 e. The quantitative estimate of drug-likeness (QED) is 0.876. The molecule has 1 rings (SSSR count). The van der Waals surface area contributed by atoms with E-state index in [1.807, 2.05) is 0 Å². The Morgan fingerprint density at radius 2 is 1.89 bits per heavy atom. The van der Waals surface area contributed by atoms with E-state index in [4.69, 9.17) is 33.0 Å². The normalized spacial score (nSPS) is 11.8. The minimum absolute atomic E-state index is 0.163. The summed E-state index contributed by atoms with van der Waals surface area (Å²) in [6.07, 6.45) is -0.163. The third kappa shape index (κ3) is 4.29. The maximum atomic E-state index is 11.9. The lowest BCUT2D eigenvalue weighted by Gasteiger charge is -2.13. The summed E-state index contributed by atoms with van der Waals surface area (Å²) in [4.78, 5) is 22.4. The molecule has 0 aliphatic heterocycles. The molecule has 0 fully saturated rings. The minimum Gasteiger partial charge on any atom is -0.494 e. The number of benzene rings is 1. The zero-order chi connectivity index (χ0) is 14.6. The molecule has 1 amide bonds. The molecular weight excluding hydrogens is 293 g/mol. The van der Waals surface area contributed by atoms with Crippen molar-refractivity contribution < 1.29 is 19.4 Å². The topological polar surface area (TPSA) is 75.6 Å². The largest absolute Gasteiger partial charge is 0.494 e. The van der Waals surface area contributed by atoms with Crippen molar-refractivity contribution in [2.45, 2.75) is 19.4 Å². The van der Waals surface area contributed by atoms with Crippen molar-refractivity contribution in [3.8, 4) is 5.75 Å². The summed E-state index contributed by atoms with van der Waals surface area (Å²) >= 11 is 11.8. The van der Waals surface area contributed by atoms with Crippen LogP contribution < -0.4 is 10.1 Å². The number of ether oxygens (including phenoxy) is 1. The highest BCUT2D eigenvalue weighted by atomic mass is 35.5. The molecule has 0 heterocycles. The van der Waals surface area contributed by atoms with Crippen molar-refractivity contribution in [1.82, 2.24) is 5.32 Å². The van der Waals surface area contributed by atoms with Crippen LogP contribution in [-0.4, -0.2) is 30.1 Å². The lowest BCUT2D eigenvalue weighted by atomic mass is 10.1. The number of methoxy groups -OCH3 is 1. The van der Waals surface area contributed by atoms with Crippen molar-refractivity contribution in [2.24, 2.45) is 0 Å². The predicted octanol–water partition coefficient (Wildman–Crippen LogP) is 2.59. The monoisotopic (exact) mass is 305 g/mol. The van der Waals surface area contributed by atoms with Gasteiger partial charge in [0.15, 0.2) is 5.75 Å². The van der Waals surface area contributed by atoms with Crippen LogP contribution in [0.3, 0.4) is 0 Å². The Hall–Kier alpha value is -1.46. The molecule has 0 bridgehead atoms. The van der Waals surface area contributed by atoms with E-state index < -0.39 is 17.9 Å². The number of carboxylic acid groups (broad SMARTS) is 1. The van der Waals surface area contributed by atoms with Gasteiger partial charge < -0.3 is 15.2 Å². The van der Waals surface area contributed by atoms with Crippen LogP contribution in [0.2, 0.25) is 10.0 Å². The SMILES string of the molecule is COc1c(Cl)cc(C(=O)NC(C)CC(=O)O)cc1Cl. The molecule has 0 spiro atoms. The summed E-state index contributed by atoms with van der Waals surface area (Å²) in [6, 6.07) is 2.33. The Labute approximate surface area is 120 Å². The van der Waals surface area contributed by atoms with Gasteiger partial charge in [-0.1, -0.05) is 23.2 Å². The Bertz CT molecular complexity index is 481. The Kier molecular flexibility index (Phi) is 5.44. The highest BCUT2D eigenvalue weighted by Gasteiger charge is 2.16. The number of carbonyl (C=O) groups excluding carboxylic acids is 1. The third-order valence-electron chi connectivity index (χ3n) is 2.32. The van der Waals surface area contributed by atoms with E-state index in [2.05, 4.69) is 5.32 Å². The lowest BCUT2D eigenvalue weighted by Crippen LogP contribution is -2.34. The summed E-state index contributed by atoms with van der Waals surface area (Å²) in [5.74, 6) is -1.14. The molecule has 0 aliphatic rings. The summed E-state index contributed by atoms with van der Waals surface area (Å²) in [6.45, 7) is 1.60. The molecule has 1 unspecified atom stereocenters. The standard InChI is InChI=1S/C12H13Cl2NO4/c1-6(3-10(16)17)15-12(18)7-4-8(13)11(19-2)9(14)5-7/h4-6H,3H2,1-2H3,(H,15,18)(H,16,17). The molecule has 1 aromatic rings. The van der Waals surface area contributed by atoms with Crippen LogP contribution in [0.15, 0.2) is 12.1 Å². The van der Waals surface area contributed by atoms with Gasteiger partial charge in [0.05, 0.1) is 23.6 Å². The lowest BCUT2D eigenvalue weighted by molar-refractivity contribution is -0.137. The first-order valence-electron chi connectivity index (χ1n) is 5.40. The third-order valence-corrected chi connectivity index (χ3v) is 2.88. The van der Waals surface area contributed by atoms with Gasteiger partial charge in [-0.3, -0.25) is 9.59 Å². The van der Waals surface area contributed by atoms with Gasteiger partial charge in [-0.25, -0.2) is 0 Å². The first kappa shape index (κ1) is 15.6. The van der Waals surface area contributed by atoms with Crippen molar-refractivity contribution in [1.29, 1.82) is 0 Å². The van der Waals surface area contributed by atoms with Gasteiger partial charge in [0.2, 0.25) is 0 Å². The number of hydrogen-bond donors (Lipinski definition) is 2. The average molecular weight is 306 g/mol. The summed E-state index contributed by atoms with van der Waals surface area (Å²) in [5, 5.41) is 11.6. The van der Waals surface area contributed by atoms with Crippen LogP contribution in [0.4, 0.5) is 0 Å². The predicted molar refractivity (Wildman–Crippen MR) is 72.2 cm³/mol. The van der Waals surface area contributed by atoms with Gasteiger partial charge in [-0.05, 0) is 19.1 Å². The zero-order valence-corrected chi connectivity index (χ0v) is 11.9. The Balaban J connectivity index is 2.86. The van der Waals surface area contributed by atoms with Gasteiger partial charge >= 0.3 is 5.97 Å². The number of carboxylic acids is 1. The van der Waals surface area contributed by atoms with Crippen LogP contribution in [0.25, 0.3) is 0 Å². The number of carbonyl (C=O) groups is 2. The maximum absolute atomic E-state index is 11.9. The van der Waals surface area contributed by atoms with Gasteiger partial charge in [0.1, 0.15) is 0 Å². The molecular formula is C12H13Cl2NO4. The molecule has 5 nitrogen and oxygen atoms in total. The molecule has 0 saturated heterocycles. The number of rotatable bonds is 5. The van der Waals surface area contributed by atoms with Gasteiger partial charge in [-0.2, -0.15) is 0 Å². The number of hydrogen-bond acceptors (Lipinski definition) is 3. The number of aliphatic carboxylic acids is 1. The number of halogens is 2. The van der Waals surface area contributed by atoms with Crippen LogP contribution in [-0.2, 0) is 4.79 Å². The summed E-state index contributed by atoms with van der Waals surface area (Å²) < 4.78 is 4.97. The molecule has 1 aromatic carbocycles. The van der Waals surface area contributed by atoms with Gasteiger partial charge in [-0.15, -0.1) is 0 Å². The van der Waals surface area contributed by atoms with E-state index in [1.165, 1.54) is 19.2 Å².